The van der Waals surface area contributed by atoms with Crippen molar-refractivity contribution in [2.45, 2.75) is 6.92 Å². The highest BCUT2D eigenvalue weighted by Gasteiger charge is 2.08. The zero-order valence-electron chi connectivity index (χ0n) is 9.77. The zero-order valence-corrected chi connectivity index (χ0v) is 9.77. The number of aliphatic hydroxyl groups is 1. The summed E-state index contributed by atoms with van der Waals surface area (Å²) in [7, 11) is 3.67. The summed E-state index contributed by atoms with van der Waals surface area (Å²) >= 11 is 0. The number of nitrogens with one attached hydrogen (secondary N) is 1. The molecule has 0 unspecified atom stereocenters. The Bertz CT molecular complexity index is 332. The minimum Gasteiger partial charge on any atom is -0.461 e. The first-order valence-corrected chi connectivity index (χ1v) is 5.08. The van der Waals surface area contributed by atoms with Crippen molar-refractivity contribution in [1.82, 2.24) is 15.0 Å². The highest BCUT2D eigenvalue weighted by molar-refractivity contribution is 5.36. The molecular weight excluding hydrogens is 210 g/mol. The molecule has 0 aliphatic heterocycles. The SMILES string of the molecule is CCNc1nc(OCCO)nc(N(C)C)n1. The van der Waals surface area contributed by atoms with Gasteiger partial charge in [-0.2, -0.15) is 15.0 Å². The second kappa shape index (κ2) is 6.06. The predicted octanol–water partition coefficient (Wildman–Crippen LogP) is -0.260. The number of ether oxygens (including phenoxy) is 1. The minimum absolute atomic E-state index is 0.0699. The Kier molecular flexibility index (Phi) is 4.71. The first-order chi connectivity index (χ1) is 7.67. The van der Waals surface area contributed by atoms with Crippen LogP contribution in [0.2, 0.25) is 0 Å². The van der Waals surface area contributed by atoms with E-state index in [0.717, 1.165) is 6.54 Å². The van der Waals surface area contributed by atoms with Crippen LogP contribution in [0.3, 0.4) is 0 Å². The van der Waals surface area contributed by atoms with Crippen LogP contribution < -0.4 is 15.0 Å². The topological polar surface area (TPSA) is 83.4 Å². The van der Waals surface area contributed by atoms with E-state index in [1.807, 2.05) is 21.0 Å². The number of anilines is 2. The van der Waals surface area contributed by atoms with Crippen molar-refractivity contribution in [2.75, 3.05) is 44.1 Å². The van der Waals surface area contributed by atoms with Crippen molar-refractivity contribution in [3.8, 4) is 6.01 Å². The Hall–Kier alpha value is -1.63. The summed E-state index contributed by atoms with van der Waals surface area (Å²) in [6.07, 6.45) is 0. The molecule has 1 aromatic rings. The maximum Gasteiger partial charge on any atom is 0.323 e. The molecule has 7 heteroatoms. The molecule has 0 atom stereocenters. The van der Waals surface area contributed by atoms with Crippen molar-refractivity contribution >= 4 is 11.9 Å². The van der Waals surface area contributed by atoms with Gasteiger partial charge in [0.2, 0.25) is 11.9 Å². The standard InChI is InChI=1S/C9H17N5O2/c1-4-10-7-11-8(14(2)3)13-9(12-7)16-6-5-15/h15H,4-6H2,1-3H3,(H,10,11,12,13). The maximum atomic E-state index is 8.66. The number of aromatic nitrogens is 3. The lowest BCUT2D eigenvalue weighted by Crippen LogP contribution is -2.16. The first kappa shape index (κ1) is 12.4. The summed E-state index contributed by atoms with van der Waals surface area (Å²) in [6.45, 7) is 2.77. The van der Waals surface area contributed by atoms with Gasteiger partial charge in [-0.3, -0.25) is 0 Å². The predicted molar refractivity (Wildman–Crippen MR) is 60.9 cm³/mol. The summed E-state index contributed by atoms with van der Waals surface area (Å²) in [5.41, 5.74) is 0. The van der Waals surface area contributed by atoms with E-state index in [9.17, 15) is 0 Å². The molecule has 0 aromatic carbocycles. The molecule has 0 spiro atoms. The normalized spacial score (nSPS) is 10.0. The molecule has 0 aliphatic rings. The summed E-state index contributed by atoms with van der Waals surface area (Å²) in [5.74, 6) is 0.980. The van der Waals surface area contributed by atoms with Crippen LogP contribution in [0.1, 0.15) is 6.92 Å². The fraction of sp³-hybridized carbons (Fsp3) is 0.667. The molecule has 0 radical (unpaired) electrons. The van der Waals surface area contributed by atoms with Gasteiger partial charge in [0.05, 0.1) is 6.61 Å². The summed E-state index contributed by atoms with van der Waals surface area (Å²) < 4.78 is 5.15. The number of aliphatic hydroxyl groups excluding tert-OH is 1. The fourth-order valence-corrected chi connectivity index (χ4v) is 0.985. The van der Waals surface area contributed by atoms with E-state index in [1.165, 1.54) is 0 Å². The molecule has 90 valence electrons. The van der Waals surface area contributed by atoms with Crippen LogP contribution in [0, 0.1) is 0 Å². The van der Waals surface area contributed by atoms with Gasteiger partial charge >= 0.3 is 6.01 Å². The maximum absolute atomic E-state index is 8.66. The van der Waals surface area contributed by atoms with Crippen molar-refractivity contribution < 1.29 is 9.84 Å². The average molecular weight is 227 g/mol. The van der Waals surface area contributed by atoms with Crippen molar-refractivity contribution in [3.63, 3.8) is 0 Å². The molecule has 2 N–H and O–H groups in total. The molecule has 1 rings (SSSR count). The van der Waals surface area contributed by atoms with E-state index >= 15 is 0 Å². The summed E-state index contributed by atoms with van der Waals surface area (Å²) in [5, 5.41) is 11.6. The number of hydrogen-bond acceptors (Lipinski definition) is 7. The Balaban J connectivity index is 2.89. The third kappa shape index (κ3) is 3.50. The molecule has 0 aliphatic carbocycles. The van der Waals surface area contributed by atoms with E-state index in [2.05, 4.69) is 20.3 Å². The summed E-state index contributed by atoms with van der Waals surface area (Å²) in [6, 6.07) is 0.212. The van der Waals surface area contributed by atoms with Crippen molar-refractivity contribution in [1.29, 1.82) is 0 Å². The van der Waals surface area contributed by atoms with Gasteiger partial charge in [0.1, 0.15) is 6.61 Å². The van der Waals surface area contributed by atoms with E-state index < -0.39 is 0 Å². The van der Waals surface area contributed by atoms with Crippen LogP contribution >= 0.6 is 0 Å². The van der Waals surface area contributed by atoms with Gasteiger partial charge in [-0.15, -0.1) is 0 Å². The average Bonchev–Trinajstić information content (AvgIpc) is 2.26. The van der Waals surface area contributed by atoms with E-state index in [0.29, 0.717) is 11.9 Å². The van der Waals surface area contributed by atoms with E-state index in [1.54, 1.807) is 4.90 Å². The van der Waals surface area contributed by atoms with Crippen molar-refractivity contribution in [2.24, 2.45) is 0 Å². The molecule has 0 saturated carbocycles. The molecule has 0 amide bonds. The van der Waals surface area contributed by atoms with Gasteiger partial charge in [0.25, 0.3) is 0 Å². The highest BCUT2D eigenvalue weighted by atomic mass is 16.5. The second-order valence-electron chi connectivity index (χ2n) is 3.24. The minimum atomic E-state index is -0.0699. The van der Waals surface area contributed by atoms with Gasteiger partial charge in [-0.1, -0.05) is 0 Å². The Morgan fingerprint density at radius 2 is 2.06 bits per heavy atom. The Morgan fingerprint density at radius 1 is 1.31 bits per heavy atom. The second-order valence-corrected chi connectivity index (χ2v) is 3.24. The lowest BCUT2D eigenvalue weighted by molar-refractivity contribution is 0.191. The van der Waals surface area contributed by atoms with E-state index in [-0.39, 0.29) is 19.2 Å². The number of rotatable bonds is 6. The summed E-state index contributed by atoms with van der Waals surface area (Å²) in [4.78, 5) is 14.1. The fourth-order valence-electron chi connectivity index (χ4n) is 0.985. The molecule has 0 fully saturated rings. The third-order valence-corrected chi connectivity index (χ3v) is 1.66. The zero-order chi connectivity index (χ0) is 12.0. The van der Waals surface area contributed by atoms with Crippen LogP contribution in [-0.4, -0.2) is 53.9 Å². The molecular formula is C9H17N5O2. The van der Waals surface area contributed by atoms with Crippen molar-refractivity contribution in [3.05, 3.63) is 0 Å². The number of nitrogens with zero attached hydrogens (tertiary/aromatic N) is 4. The molecule has 0 saturated heterocycles. The smallest absolute Gasteiger partial charge is 0.323 e. The van der Waals surface area contributed by atoms with Gasteiger partial charge < -0.3 is 20.1 Å². The molecule has 7 nitrogen and oxygen atoms in total. The lowest BCUT2D eigenvalue weighted by atomic mass is 10.7. The highest BCUT2D eigenvalue weighted by Crippen LogP contribution is 2.12. The van der Waals surface area contributed by atoms with Crippen LogP contribution in [-0.2, 0) is 0 Å². The van der Waals surface area contributed by atoms with Gasteiger partial charge in [0.15, 0.2) is 0 Å². The van der Waals surface area contributed by atoms with Crippen LogP contribution in [0.15, 0.2) is 0 Å². The molecule has 16 heavy (non-hydrogen) atoms. The monoisotopic (exact) mass is 227 g/mol. The molecule has 1 heterocycles. The largest absolute Gasteiger partial charge is 0.461 e. The van der Waals surface area contributed by atoms with Crippen LogP contribution in [0.25, 0.3) is 0 Å². The van der Waals surface area contributed by atoms with Gasteiger partial charge in [-0.25, -0.2) is 0 Å². The first-order valence-electron chi connectivity index (χ1n) is 5.08. The third-order valence-electron chi connectivity index (χ3n) is 1.66. The Labute approximate surface area is 94.5 Å². The van der Waals surface area contributed by atoms with Gasteiger partial charge in [-0.05, 0) is 6.92 Å². The molecule has 0 bridgehead atoms. The van der Waals surface area contributed by atoms with Crippen LogP contribution in [0.4, 0.5) is 11.9 Å². The number of hydrogen-bond donors (Lipinski definition) is 2. The Morgan fingerprint density at radius 3 is 2.62 bits per heavy atom. The molecule has 1 aromatic heterocycles. The van der Waals surface area contributed by atoms with E-state index in [4.69, 9.17) is 9.84 Å². The quantitative estimate of drug-likeness (QED) is 0.692. The lowest BCUT2D eigenvalue weighted by Gasteiger charge is -2.12. The van der Waals surface area contributed by atoms with Gasteiger partial charge in [0, 0.05) is 20.6 Å². The van der Waals surface area contributed by atoms with Crippen LogP contribution in [0.5, 0.6) is 6.01 Å².